The normalized spacial score (nSPS) is 11.2. The van der Waals surface area contributed by atoms with Crippen LogP contribution in [0.1, 0.15) is 16.7 Å². The number of aryl methyl sites for hydroxylation is 1. The molecule has 0 radical (unpaired) electrons. The lowest BCUT2D eigenvalue weighted by molar-refractivity contribution is 0.581. The lowest BCUT2D eigenvalue weighted by Gasteiger charge is -2.09. The van der Waals surface area contributed by atoms with Crippen molar-refractivity contribution in [2.45, 2.75) is 18.4 Å². The molecule has 0 saturated carbocycles. The Balaban J connectivity index is 2.23. The number of nitriles is 1. The van der Waals surface area contributed by atoms with Crippen LogP contribution in [0.15, 0.2) is 29.3 Å². The quantitative estimate of drug-likeness (QED) is 0.762. The molecule has 0 unspecified atom stereocenters. The van der Waals surface area contributed by atoms with Crippen LogP contribution in [0.5, 0.6) is 0 Å². The zero-order valence-electron chi connectivity index (χ0n) is 10.7. The maximum atomic E-state index is 12.2. The van der Waals surface area contributed by atoms with E-state index >= 15 is 0 Å². The Hall–Kier alpha value is -2.37. The summed E-state index contributed by atoms with van der Waals surface area (Å²) in [5.74, 6) is 0.323. The lowest BCUT2D eigenvalue weighted by atomic mass is 10.2. The molecule has 104 valence electrons. The van der Waals surface area contributed by atoms with Gasteiger partial charge in [-0.15, -0.1) is 0 Å². The highest BCUT2D eigenvalue weighted by Gasteiger charge is 2.17. The van der Waals surface area contributed by atoms with E-state index in [0.29, 0.717) is 22.5 Å². The molecule has 0 aliphatic heterocycles. The zero-order valence-corrected chi connectivity index (χ0v) is 11.5. The Morgan fingerprint density at radius 2 is 2.25 bits per heavy atom. The number of nitrogen functional groups attached to an aromatic ring is 1. The second kappa shape index (κ2) is 5.32. The molecule has 8 heteroatoms. The van der Waals surface area contributed by atoms with E-state index in [1.807, 2.05) is 6.07 Å². The predicted molar refractivity (Wildman–Crippen MR) is 72.9 cm³/mol. The van der Waals surface area contributed by atoms with Crippen LogP contribution in [0.3, 0.4) is 0 Å². The van der Waals surface area contributed by atoms with E-state index in [-0.39, 0.29) is 11.4 Å². The van der Waals surface area contributed by atoms with E-state index < -0.39 is 10.0 Å². The zero-order chi connectivity index (χ0) is 14.8. The molecule has 0 saturated heterocycles. The Bertz CT molecular complexity index is 773. The van der Waals surface area contributed by atoms with Gasteiger partial charge in [-0.1, -0.05) is 0 Å². The van der Waals surface area contributed by atoms with Crippen molar-refractivity contribution in [3.63, 3.8) is 0 Å². The lowest BCUT2D eigenvalue weighted by Crippen LogP contribution is -2.24. The van der Waals surface area contributed by atoms with Gasteiger partial charge in [-0.2, -0.15) is 10.4 Å². The molecule has 0 amide bonds. The van der Waals surface area contributed by atoms with E-state index in [0.717, 1.165) is 0 Å². The number of aromatic nitrogens is 2. The number of aromatic amines is 1. The van der Waals surface area contributed by atoms with Gasteiger partial charge in [0.2, 0.25) is 10.0 Å². The third kappa shape index (κ3) is 2.79. The molecule has 0 atom stereocenters. The largest absolute Gasteiger partial charge is 0.384 e. The van der Waals surface area contributed by atoms with Gasteiger partial charge in [0, 0.05) is 12.1 Å². The van der Waals surface area contributed by atoms with E-state index in [1.54, 1.807) is 6.92 Å². The summed E-state index contributed by atoms with van der Waals surface area (Å²) >= 11 is 0. The maximum Gasteiger partial charge on any atom is 0.241 e. The van der Waals surface area contributed by atoms with Gasteiger partial charge in [0.25, 0.3) is 0 Å². The summed E-state index contributed by atoms with van der Waals surface area (Å²) in [6, 6.07) is 6.37. The summed E-state index contributed by atoms with van der Waals surface area (Å²) < 4.78 is 26.8. The van der Waals surface area contributed by atoms with Gasteiger partial charge < -0.3 is 5.73 Å². The van der Waals surface area contributed by atoms with Gasteiger partial charge in [0.05, 0.1) is 22.7 Å². The fraction of sp³-hybridized carbons (Fsp3) is 0.167. The molecule has 1 aromatic heterocycles. The summed E-state index contributed by atoms with van der Waals surface area (Å²) in [5, 5.41) is 15.0. The minimum absolute atomic E-state index is 0.0457. The molecule has 0 spiro atoms. The first-order chi connectivity index (χ1) is 9.44. The van der Waals surface area contributed by atoms with Crippen LogP contribution in [-0.2, 0) is 16.6 Å². The first kappa shape index (κ1) is 14.0. The van der Waals surface area contributed by atoms with Crippen LogP contribution in [0.2, 0.25) is 0 Å². The third-order valence-electron chi connectivity index (χ3n) is 2.80. The molecule has 0 bridgehead atoms. The van der Waals surface area contributed by atoms with E-state index in [4.69, 9.17) is 11.0 Å². The molecule has 20 heavy (non-hydrogen) atoms. The molecule has 1 aromatic carbocycles. The number of hydrogen-bond donors (Lipinski definition) is 3. The maximum absolute atomic E-state index is 12.2. The topological polar surface area (TPSA) is 125 Å². The van der Waals surface area contributed by atoms with Gasteiger partial charge in [0.15, 0.2) is 0 Å². The van der Waals surface area contributed by atoms with Crippen LogP contribution < -0.4 is 10.5 Å². The average Bonchev–Trinajstić information content (AvgIpc) is 2.81. The number of hydrogen-bond acceptors (Lipinski definition) is 5. The summed E-state index contributed by atoms with van der Waals surface area (Å²) in [6.07, 6.45) is 1.46. The number of nitrogens with zero attached hydrogens (tertiary/aromatic N) is 2. The standard InChI is InChI=1S/C12H13N5O2S/c1-8-4-9(5-13)2-3-11(8)20(18,19)16-7-10-6-15-17-12(10)14/h2-4,6,16H,7H2,1H3,(H3,14,15,17). The Labute approximate surface area is 116 Å². The van der Waals surface area contributed by atoms with Gasteiger partial charge in [0.1, 0.15) is 5.82 Å². The molecule has 0 aliphatic carbocycles. The smallest absolute Gasteiger partial charge is 0.241 e. The van der Waals surface area contributed by atoms with Gasteiger partial charge in [-0.3, -0.25) is 5.10 Å². The second-order valence-corrected chi connectivity index (χ2v) is 5.96. The second-order valence-electron chi connectivity index (χ2n) is 4.23. The summed E-state index contributed by atoms with van der Waals surface area (Å²) in [5.41, 5.74) is 7.08. The Kier molecular flexibility index (Phi) is 3.74. The van der Waals surface area contributed by atoms with Crippen molar-refractivity contribution in [1.82, 2.24) is 14.9 Å². The number of nitrogens with one attached hydrogen (secondary N) is 2. The number of sulfonamides is 1. The molecule has 0 aliphatic rings. The summed E-state index contributed by atoms with van der Waals surface area (Å²) in [7, 11) is -3.67. The monoisotopic (exact) mass is 291 g/mol. The van der Waals surface area contributed by atoms with Crippen LogP contribution in [0.25, 0.3) is 0 Å². The van der Waals surface area contributed by atoms with Crippen LogP contribution in [0, 0.1) is 18.3 Å². The van der Waals surface area contributed by atoms with Crippen molar-refractivity contribution in [1.29, 1.82) is 5.26 Å². The number of rotatable bonds is 4. The van der Waals surface area contributed by atoms with Crippen molar-refractivity contribution in [2.75, 3.05) is 5.73 Å². The van der Waals surface area contributed by atoms with E-state index in [9.17, 15) is 8.42 Å². The van der Waals surface area contributed by atoms with Crippen molar-refractivity contribution in [3.05, 3.63) is 41.1 Å². The van der Waals surface area contributed by atoms with E-state index in [2.05, 4.69) is 14.9 Å². The highest BCUT2D eigenvalue weighted by atomic mass is 32.2. The predicted octanol–water partition coefficient (Wildman–Crippen LogP) is 0.651. The SMILES string of the molecule is Cc1cc(C#N)ccc1S(=O)(=O)NCc1cn[nH]c1N. The molecule has 1 heterocycles. The molecule has 4 N–H and O–H groups in total. The first-order valence-corrected chi connectivity index (χ1v) is 7.20. The van der Waals surface area contributed by atoms with Crippen molar-refractivity contribution < 1.29 is 8.42 Å². The number of H-pyrrole nitrogens is 1. The molecule has 2 rings (SSSR count). The molecular formula is C12H13N5O2S. The minimum atomic E-state index is -3.67. The van der Waals surface area contributed by atoms with Crippen LogP contribution in [-0.4, -0.2) is 18.6 Å². The molecule has 7 nitrogen and oxygen atoms in total. The Morgan fingerprint density at radius 3 is 2.80 bits per heavy atom. The highest BCUT2D eigenvalue weighted by molar-refractivity contribution is 7.89. The first-order valence-electron chi connectivity index (χ1n) is 5.72. The van der Waals surface area contributed by atoms with Gasteiger partial charge in [-0.05, 0) is 30.7 Å². The van der Waals surface area contributed by atoms with Gasteiger partial charge >= 0.3 is 0 Å². The van der Waals surface area contributed by atoms with Crippen molar-refractivity contribution >= 4 is 15.8 Å². The number of nitrogens with two attached hydrogens (primary N) is 1. The highest BCUT2D eigenvalue weighted by Crippen LogP contribution is 2.17. The summed E-state index contributed by atoms with van der Waals surface area (Å²) in [6.45, 7) is 1.69. The third-order valence-corrected chi connectivity index (χ3v) is 4.36. The minimum Gasteiger partial charge on any atom is -0.384 e. The fourth-order valence-electron chi connectivity index (χ4n) is 1.73. The van der Waals surface area contributed by atoms with Crippen molar-refractivity contribution in [3.8, 4) is 6.07 Å². The van der Waals surface area contributed by atoms with Crippen molar-refractivity contribution in [2.24, 2.45) is 0 Å². The van der Waals surface area contributed by atoms with E-state index in [1.165, 1.54) is 24.4 Å². The summed E-state index contributed by atoms with van der Waals surface area (Å²) in [4.78, 5) is 0.138. The van der Waals surface area contributed by atoms with Crippen LogP contribution >= 0.6 is 0 Å². The molecule has 2 aromatic rings. The number of anilines is 1. The van der Waals surface area contributed by atoms with Gasteiger partial charge in [-0.25, -0.2) is 13.1 Å². The Morgan fingerprint density at radius 1 is 1.50 bits per heavy atom. The molecular weight excluding hydrogens is 278 g/mol. The molecule has 0 fully saturated rings. The number of benzene rings is 1. The average molecular weight is 291 g/mol. The fourth-order valence-corrected chi connectivity index (χ4v) is 2.96. The van der Waals surface area contributed by atoms with Crippen LogP contribution in [0.4, 0.5) is 5.82 Å².